The van der Waals surface area contributed by atoms with Crippen molar-refractivity contribution in [2.75, 3.05) is 24.8 Å². The zero-order chi connectivity index (χ0) is 19.7. The normalized spacial score (nSPS) is 14.1. The number of hydrogen-bond donors (Lipinski definition) is 1. The lowest BCUT2D eigenvalue weighted by Crippen LogP contribution is -2.26. The topological polar surface area (TPSA) is 76.9 Å². The Bertz CT molecular complexity index is 1020. The number of benzene rings is 2. The lowest BCUT2D eigenvalue weighted by molar-refractivity contribution is -0.0826. The van der Waals surface area contributed by atoms with Crippen LogP contribution in [0.2, 0.25) is 5.02 Å². The van der Waals surface area contributed by atoms with E-state index in [9.17, 15) is 9.50 Å². The van der Waals surface area contributed by atoms with E-state index in [1.165, 1.54) is 24.2 Å². The van der Waals surface area contributed by atoms with E-state index in [4.69, 9.17) is 25.8 Å². The molecule has 0 spiro atoms. The minimum Gasteiger partial charge on any atom is -0.486 e. The smallest absolute Gasteiger partial charge is 0.165 e. The van der Waals surface area contributed by atoms with Gasteiger partial charge in [0.05, 0.1) is 16.2 Å². The summed E-state index contributed by atoms with van der Waals surface area (Å²) in [7, 11) is 0. The van der Waals surface area contributed by atoms with Gasteiger partial charge < -0.3 is 19.3 Å². The molecule has 1 aliphatic heterocycles. The second-order valence-corrected chi connectivity index (χ2v) is 6.51. The summed E-state index contributed by atoms with van der Waals surface area (Å²) in [6.07, 6.45) is 0.313. The molecule has 4 rings (SSSR count). The van der Waals surface area contributed by atoms with Gasteiger partial charge in [0.25, 0.3) is 0 Å². The maximum Gasteiger partial charge on any atom is 0.165 e. The van der Waals surface area contributed by atoms with Crippen LogP contribution in [-0.4, -0.2) is 41.3 Å². The second-order valence-electron chi connectivity index (χ2n) is 6.11. The van der Waals surface area contributed by atoms with E-state index in [-0.39, 0.29) is 17.4 Å². The summed E-state index contributed by atoms with van der Waals surface area (Å²) >= 11 is 5.96. The van der Waals surface area contributed by atoms with E-state index in [2.05, 4.69) is 9.97 Å². The molecule has 0 radical (unpaired) electrons. The monoisotopic (exact) mass is 405 g/mol. The number of ether oxygens (including phenoxy) is 3. The third-order valence-electron chi connectivity index (χ3n) is 4.20. The number of aliphatic hydroxyl groups is 1. The standard InChI is InChI=1S/C19H17ClFN3O4/c1-11(25)28-10-24(15-4-2-3-13(20)18(15)21)19-12-7-16-17(27-6-5-26-16)8-14(12)22-9-23-19/h2-4,7-9,11,25H,5-6,10H2,1H3. The lowest BCUT2D eigenvalue weighted by atomic mass is 10.1. The van der Waals surface area contributed by atoms with Gasteiger partial charge in [-0.2, -0.15) is 0 Å². The molecule has 7 nitrogen and oxygen atoms in total. The molecule has 0 fully saturated rings. The van der Waals surface area contributed by atoms with Crippen LogP contribution in [0.4, 0.5) is 15.9 Å². The van der Waals surface area contributed by atoms with Crippen molar-refractivity contribution in [1.29, 1.82) is 0 Å². The third-order valence-corrected chi connectivity index (χ3v) is 4.49. The minimum atomic E-state index is -1.05. The summed E-state index contributed by atoms with van der Waals surface area (Å²) in [5.41, 5.74) is 0.752. The quantitative estimate of drug-likeness (QED) is 0.649. The van der Waals surface area contributed by atoms with Crippen molar-refractivity contribution in [2.45, 2.75) is 13.2 Å². The molecule has 28 heavy (non-hydrogen) atoms. The van der Waals surface area contributed by atoms with E-state index in [0.29, 0.717) is 41.4 Å². The van der Waals surface area contributed by atoms with E-state index >= 15 is 0 Å². The summed E-state index contributed by atoms with van der Waals surface area (Å²) in [6.45, 7) is 2.19. The molecular weight excluding hydrogens is 389 g/mol. The van der Waals surface area contributed by atoms with Gasteiger partial charge in [0.2, 0.25) is 0 Å². The van der Waals surface area contributed by atoms with Gasteiger partial charge in [-0.25, -0.2) is 14.4 Å². The van der Waals surface area contributed by atoms with Gasteiger partial charge in [0.1, 0.15) is 32.1 Å². The molecule has 1 atom stereocenters. The Labute approximate surface area is 165 Å². The molecule has 0 saturated carbocycles. The Kier molecular flexibility index (Phi) is 5.17. The Hall–Kier alpha value is -2.68. The van der Waals surface area contributed by atoms with Crippen molar-refractivity contribution in [3.05, 3.63) is 47.5 Å². The Morgan fingerprint density at radius 1 is 1.25 bits per heavy atom. The average molecular weight is 406 g/mol. The van der Waals surface area contributed by atoms with Crippen LogP contribution in [-0.2, 0) is 4.74 Å². The van der Waals surface area contributed by atoms with E-state index in [1.807, 2.05) is 0 Å². The third kappa shape index (κ3) is 3.54. The largest absolute Gasteiger partial charge is 0.486 e. The maximum absolute atomic E-state index is 14.8. The highest BCUT2D eigenvalue weighted by molar-refractivity contribution is 6.31. The number of anilines is 2. The van der Waals surface area contributed by atoms with Gasteiger partial charge in [-0.15, -0.1) is 0 Å². The summed E-state index contributed by atoms with van der Waals surface area (Å²) in [5.74, 6) is 0.897. The van der Waals surface area contributed by atoms with Crippen LogP contribution in [0.5, 0.6) is 11.5 Å². The van der Waals surface area contributed by atoms with Crippen LogP contribution < -0.4 is 14.4 Å². The molecule has 2 heterocycles. The van der Waals surface area contributed by atoms with E-state index in [0.717, 1.165) is 0 Å². The highest BCUT2D eigenvalue weighted by Gasteiger charge is 2.22. The fourth-order valence-electron chi connectivity index (χ4n) is 2.92. The highest BCUT2D eigenvalue weighted by atomic mass is 35.5. The number of fused-ring (bicyclic) bond motifs is 2. The maximum atomic E-state index is 14.8. The first kappa shape index (κ1) is 18.7. The first-order valence-corrected chi connectivity index (χ1v) is 8.98. The lowest BCUT2D eigenvalue weighted by Gasteiger charge is -2.26. The molecule has 1 unspecified atom stereocenters. The average Bonchev–Trinajstić information content (AvgIpc) is 2.69. The van der Waals surface area contributed by atoms with E-state index in [1.54, 1.807) is 24.3 Å². The van der Waals surface area contributed by atoms with Gasteiger partial charge in [-0.1, -0.05) is 17.7 Å². The molecule has 0 aliphatic carbocycles. The molecule has 0 amide bonds. The van der Waals surface area contributed by atoms with Gasteiger partial charge in [-0.05, 0) is 25.1 Å². The molecule has 1 N–H and O–H groups in total. The van der Waals surface area contributed by atoms with E-state index < -0.39 is 12.1 Å². The number of aliphatic hydroxyl groups excluding tert-OH is 1. The first-order chi connectivity index (χ1) is 13.5. The predicted octanol–water partition coefficient (Wildman–Crippen LogP) is 3.64. The fraction of sp³-hybridized carbons (Fsp3) is 0.263. The number of nitrogens with zero attached hydrogens (tertiary/aromatic N) is 3. The molecule has 2 aromatic carbocycles. The molecule has 9 heteroatoms. The Balaban J connectivity index is 1.88. The Morgan fingerprint density at radius 3 is 2.75 bits per heavy atom. The molecule has 0 bridgehead atoms. The van der Waals surface area contributed by atoms with Crippen LogP contribution in [0.1, 0.15) is 6.92 Å². The molecule has 1 aliphatic rings. The zero-order valence-corrected chi connectivity index (χ0v) is 15.7. The van der Waals surface area contributed by atoms with Crippen LogP contribution in [0.15, 0.2) is 36.7 Å². The van der Waals surface area contributed by atoms with Crippen LogP contribution >= 0.6 is 11.6 Å². The number of aromatic nitrogens is 2. The van der Waals surface area contributed by atoms with Gasteiger partial charge in [-0.3, -0.25) is 4.90 Å². The van der Waals surface area contributed by atoms with Crippen LogP contribution in [0.25, 0.3) is 10.9 Å². The molecule has 3 aromatic rings. The number of hydrogen-bond acceptors (Lipinski definition) is 7. The van der Waals surface area contributed by atoms with Crippen LogP contribution in [0.3, 0.4) is 0 Å². The van der Waals surface area contributed by atoms with Crippen molar-refractivity contribution in [3.8, 4) is 11.5 Å². The summed E-state index contributed by atoms with van der Waals surface area (Å²) in [5, 5.41) is 10.1. The molecule has 0 saturated heterocycles. The van der Waals surface area contributed by atoms with Gasteiger partial charge >= 0.3 is 0 Å². The van der Waals surface area contributed by atoms with Crippen molar-refractivity contribution in [3.63, 3.8) is 0 Å². The Morgan fingerprint density at radius 2 is 2.00 bits per heavy atom. The second kappa shape index (κ2) is 7.75. The van der Waals surface area contributed by atoms with Gasteiger partial charge in [0.15, 0.2) is 23.6 Å². The molecule has 1 aromatic heterocycles. The minimum absolute atomic E-state index is 0.0352. The summed E-state index contributed by atoms with van der Waals surface area (Å²) in [4.78, 5) is 10.1. The first-order valence-electron chi connectivity index (χ1n) is 8.60. The fourth-order valence-corrected chi connectivity index (χ4v) is 3.09. The van der Waals surface area contributed by atoms with Crippen molar-refractivity contribution >= 4 is 34.0 Å². The van der Waals surface area contributed by atoms with Crippen molar-refractivity contribution < 1.29 is 23.7 Å². The number of rotatable bonds is 5. The van der Waals surface area contributed by atoms with Gasteiger partial charge in [0, 0.05) is 11.5 Å². The van der Waals surface area contributed by atoms with Crippen molar-refractivity contribution in [2.24, 2.45) is 0 Å². The SMILES string of the molecule is CC(O)OCN(c1cccc(Cl)c1F)c1ncnc2cc3c(cc12)OCCO3. The van der Waals surface area contributed by atoms with Crippen LogP contribution in [0, 0.1) is 5.82 Å². The molecule has 146 valence electrons. The highest BCUT2D eigenvalue weighted by Crippen LogP contribution is 2.39. The summed E-state index contributed by atoms with van der Waals surface area (Å²) < 4.78 is 31.3. The number of halogens is 2. The summed E-state index contributed by atoms with van der Waals surface area (Å²) in [6, 6.07) is 8.12. The predicted molar refractivity (Wildman–Crippen MR) is 102 cm³/mol. The zero-order valence-electron chi connectivity index (χ0n) is 14.9. The molecular formula is C19H17ClFN3O4. The van der Waals surface area contributed by atoms with Crippen molar-refractivity contribution in [1.82, 2.24) is 9.97 Å².